The van der Waals surface area contributed by atoms with Crippen molar-refractivity contribution in [3.8, 4) is 0 Å². The molecular weight excluding hydrogens is 196 g/mol. The SMILES string of the molecule is CCCC(CCC)C(N)c1cnccc1C. The summed E-state index contributed by atoms with van der Waals surface area (Å²) in [5.41, 5.74) is 8.85. The van der Waals surface area contributed by atoms with E-state index in [2.05, 4.69) is 25.8 Å². The van der Waals surface area contributed by atoms with Gasteiger partial charge in [-0.25, -0.2) is 0 Å². The lowest BCUT2D eigenvalue weighted by Gasteiger charge is -2.24. The fourth-order valence-corrected chi connectivity index (χ4v) is 2.32. The van der Waals surface area contributed by atoms with Gasteiger partial charge in [-0.3, -0.25) is 4.98 Å². The van der Waals surface area contributed by atoms with Crippen LogP contribution in [0.25, 0.3) is 0 Å². The fraction of sp³-hybridized carbons (Fsp3) is 0.643. The van der Waals surface area contributed by atoms with Gasteiger partial charge in [-0.05, 0) is 42.9 Å². The number of aromatic nitrogens is 1. The van der Waals surface area contributed by atoms with E-state index in [1.165, 1.54) is 36.8 Å². The summed E-state index contributed by atoms with van der Waals surface area (Å²) in [4.78, 5) is 4.19. The Labute approximate surface area is 99.3 Å². The second-order valence-corrected chi connectivity index (χ2v) is 4.60. The summed E-state index contributed by atoms with van der Waals surface area (Å²) in [6.07, 6.45) is 8.60. The summed E-state index contributed by atoms with van der Waals surface area (Å²) in [7, 11) is 0. The van der Waals surface area contributed by atoms with E-state index in [0.29, 0.717) is 5.92 Å². The number of aryl methyl sites for hydroxylation is 1. The lowest BCUT2D eigenvalue weighted by atomic mass is 9.86. The first kappa shape index (κ1) is 13.2. The molecule has 16 heavy (non-hydrogen) atoms. The van der Waals surface area contributed by atoms with Crippen molar-refractivity contribution in [1.29, 1.82) is 0 Å². The predicted molar refractivity (Wildman–Crippen MR) is 69.2 cm³/mol. The highest BCUT2D eigenvalue weighted by Crippen LogP contribution is 2.28. The van der Waals surface area contributed by atoms with Crippen LogP contribution >= 0.6 is 0 Å². The minimum absolute atomic E-state index is 0.147. The van der Waals surface area contributed by atoms with Gasteiger partial charge in [0, 0.05) is 18.4 Å². The molecule has 0 fully saturated rings. The summed E-state index contributed by atoms with van der Waals surface area (Å²) in [5, 5.41) is 0. The minimum Gasteiger partial charge on any atom is -0.324 e. The quantitative estimate of drug-likeness (QED) is 0.795. The normalized spacial score (nSPS) is 13.1. The zero-order valence-corrected chi connectivity index (χ0v) is 10.7. The molecule has 1 aromatic heterocycles. The molecular formula is C14H24N2. The van der Waals surface area contributed by atoms with Crippen molar-refractivity contribution in [2.75, 3.05) is 0 Å². The molecule has 0 amide bonds. The maximum atomic E-state index is 6.37. The monoisotopic (exact) mass is 220 g/mol. The molecule has 0 radical (unpaired) electrons. The Morgan fingerprint density at radius 3 is 2.38 bits per heavy atom. The molecule has 0 saturated carbocycles. The minimum atomic E-state index is 0.147. The van der Waals surface area contributed by atoms with Crippen LogP contribution in [0.4, 0.5) is 0 Å². The van der Waals surface area contributed by atoms with E-state index in [1.54, 1.807) is 0 Å². The van der Waals surface area contributed by atoms with Gasteiger partial charge < -0.3 is 5.73 Å². The van der Waals surface area contributed by atoms with Crippen LogP contribution < -0.4 is 5.73 Å². The van der Waals surface area contributed by atoms with Gasteiger partial charge in [-0.1, -0.05) is 26.7 Å². The highest BCUT2D eigenvalue weighted by Gasteiger charge is 2.19. The van der Waals surface area contributed by atoms with Crippen molar-refractivity contribution in [2.45, 2.75) is 52.5 Å². The molecule has 2 N–H and O–H groups in total. The number of rotatable bonds is 6. The Bertz CT molecular complexity index is 303. The second-order valence-electron chi connectivity index (χ2n) is 4.60. The maximum Gasteiger partial charge on any atom is 0.0341 e. The Kier molecular flexibility index (Phi) is 5.47. The molecule has 0 aliphatic rings. The van der Waals surface area contributed by atoms with Gasteiger partial charge in [-0.2, -0.15) is 0 Å². The first-order valence-electron chi connectivity index (χ1n) is 6.36. The molecule has 1 heterocycles. The van der Waals surface area contributed by atoms with Crippen molar-refractivity contribution >= 4 is 0 Å². The molecule has 0 aliphatic heterocycles. The molecule has 0 bridgehead atoms. The lowest BCUT2D eigenvalue weighted by molar-refractivity contribution is 0.367. The van der Waals surface area contributed by atoms with Crippen LogP contribution in [0.3, 0.4) is 0 Å². The fourth-order valence-electron chi connectivity index (χ4n) is 2.32. The molecule has 2 nitrogen and oxygen atoms in total. The third-order valence-corrected chi connectivity index (χ3v) is 3.27. The Balaban J connectivity index is 2.81. The molecule has 90 valence electrons. The van der Waals surface area contributed by atoms with Gasteiger partial charge in [-0.15, -0.1) is 0 Å². The number of hydrogen-bond acceptors (Lipinski definition) is 2. The average molecular weight is 220 g/mol. The number of nitrogens with zero attached hydrogens (tertiary/aromatic N) is 1. The summed E-state index contributed by atoms with van der Waals surface area (Å²) in [5.74, 6) is 0.595. The molecule has 1 atom stereocenters. The van der Waals surface area contributed by atoms with Crippen LogP contribution in [-0.2, 0) is 0 Å². The lowest BCUT2D eigenvalue weighted by Crippen LogP contribution is -2.22. The summed E-state index contributed by atoms with van der Waals surface area (Å²) >= 11 is 0. The number of nitrogens with two attached hydrogens (primary N) is 1. The number of pyridine rings is 1. The Hall–Kier alpha value is -0.890. The molecule has 2 heteroatoms. The van der Waals surface area contributed by atoms with E-state index in [4.69, 9.17) is 5.73 Å². The van der Waals surface area contributed by atoms with Crippen molar-refractivity contribution in [2.24, 2.45) is 11.7 Å². The standard InChI is InChI=1S/C14H24N2/c1-4-6-12(7-5-2)14(15)13-10-16-9-8-11(13)3/h8-10,12,14H,4-7,15H2,1-3H3. The molecule has 1 rings (SSSR count). The zero-order valence-electron chi connectivity index (χ0n) is 10.7. The van der Waals surface area contributed by atoms with Crippen LogP contribution in [-0.4, -0.2) is 4.98 Å². The van der Waals surface area contributed by atoms with Crippen LogP contribution in [0, 0.1) is 12.8 Å². The molecule has 0 spiro atoms. The Morgan fingerprint density at radius 2 is 1.88 bits per heavy atom. The molecule has 1 unspecified atom stereocenters. The van der Waals surface area contributed by atoms with Gasteiger partial charge in [0.05, 0.1) is 0 Å². The highest BCUT2D eigenvalue weighted by molar-refractivity contribution is 5.25. The van der Waals surface area contributed by atoms with Crippen molar-refractivity contribution in [3.63, 3.8) is 0 Å². The predicted octanol–water partition coefficient (Wildman–Crippen LogP) is 3.61. The van der Waals surface area contributed by atoms with Crippen LogP contribution in [0.15, 0.2) is 18.5 Å². The molecule has 1 aromatic rings. The van der Waals surface area contributed by atoms with Crippen LogP contribution in [0.2, 0.25) is 0 Å². The van der Waals surface area contributed by atoms with Gasteiger partial charge in [0.15, 0.2) is 0 Å². The third-order valence-electron chi connectivity index (χ3n) is 3.27. The van der Waals surface area contributed by atoms with Crippen molar-refractivity contribution in [1.82, 2.24) is 4.98 Å². The number of hydrogen-bond donors (Lipinski definition) is 1. The van der Waals surface area contributed by atoms with Gasteiger partial charge in [0.25, 0.3) is 0 Å². The Morgan fingerprint density at radius 1 is 1.25 bits per heavy atom. The van der Waals surface area contributed by atoms with Crippen molar-refractivity contribution in [3.05, 3.63) is 29.6 Å². The third kappa shape index (κ3) is 3.31. The maximum absolute atomic E-state index is 6.37. The van der Waals surface area contributed by atoms with E-state index in [-0.39, 0.29) is 6.04 Å². The van der Waals surface area contributed by atoms with E-state index >= 15 is 0 Å². The highest BCUT2D eigenvalue weighted by atomic mass is 14.7. The van der Waals surface area contributed by atoms with Gasteiger partial charge in [0.2, 0.25) is 0 Å². The average Bonchev–Trinajstić information content (AvgIpc) is 2.28. The summed E-state index contributed by atoms with van der Waals surface area (Å²) in [6, 6.07) is 2.19. The topological polar surface area (TPSA) is 38.9 Å². The molecule has 0 saturated heterocycles. The van der Waals surface area contributed by atoms with E-state index in [1.807, 2.05) is 18.5 Å². The largest absolute Gasteiger partial charge is 0.324 e. The first-order valence-corrected chi connectivity index (χ1v) is 6.36. The van der Waals surface area contributed by atoms with Crippen LogP contribution in [0.1, 0.15) is 56.7 Å². The second kappa shape index (κ2) is 6.64. The van der Waals surface area contributed by atoms with Gasteiger partial charge >= 0.3 is 0 Å². The van der Waals surface area contributed by atoms with E-state index < -0.39 is 0 Å². The van der Waals surface area contributed by atoms with Crippen LogP contribution in [0.5, 0.6) is 0 Å². The molecule has 0 aliphatic carbocycles. The zero-order chi connectivity index (χ0) is 12.0. The molecule has 0 aromatic carbocycles. The van der Waals surface area contributed by atoms with Gasteiger partial charge in [0.1, 0.15) is 0 Å². The summed E-state index contributed by atoms with van der Waals surface area (Å²) in [6.45, 7) is 6.57. The smallest absolute Gasteiger partial charge is 0.0341 e. The van der Waals surface area contributed by atoms with Crippen molar-refractivity contribution < 1.29 is 0 Å². The summed E-state index contributed by atoms with van der Waals surface area (Å²) < 4.78 is 0. The van der Waals surface area contributed by atoms with E-state index in [0.717, 1.165) is 0 Å². The first-order chi connectivity index (χ1) is 7.70. The van der Waals surface area contributed by atoms with E-state index in [9.17, 15) is 0 Å².